The number of hydrogen-bond donors (Lipinski definition) is 1. The van der Waals surface area contributed by atoms with Gasteiger partial charge in [-0.25, -0.2) is 13.6 Å². The largest absolute Gasteiger partial charge is 0.454 e. The van der Waals surface area contributed by atoms with Gasteiger partial charge in [-0.1, -0.05) is 23.4 Å². The first-order chi connectivity index (χ1) is 13.5. The standard InChI is InChI=1S/C20H20N2O5S/c21-28(23,24)17-7-5-15(6-8-17)18-3-1-2-16(18)11-22-27-12-14-4-9-19-20(10-14)26-13-25-19/h4-11H,1-3,12-13H2,(H2,21,23,24)/b22-11+. The van der Waals surface area contributed by atoms with Gasteiger partial charge in [-0.3, -0.25) is 0 Å². The van der Waals surface area contributed by atoms with Gasteiger partial charge < -0.3 is 14.3 Å². The van der Waals surface area contributed by atoms with Crippen LogP contribution in [0.5, 0.6) is 11.5 Å². The highest BCUT2D eigenvalue weighted by Crippen LogP contribution is 2.34. The first-order valence-corrected chi connectivity index (χ1v) is 10.4. The summed E-state index contributed by atoms with van der Waals surface area (Å²) in [5, 5.41) is 9.26. The monoisotopic (exact) mass is 400 g/mol. The molecule has 0 aromatic heterocycles. The second kappa shape index (κ2) is 7.65. The molecule has 1 heterocycles. The number of ether oxygens (including phenoxy) is 2. The molecular weight excluding hydrogens is 380 g/mol. The number of sulfonamides is 1. The number of benzene rings is 2. The maximum atomic E-state index is 11.4. The van der Waals surface area contributed by atoms with Crippen molar-refractivity contribution in [1.29, 1.82) is 0 Å². The Kier molecular flexibility index (Phi) is 5.06. The minimum Gasteiger partial charge on any atom is -0.454 e. The molecule has 8 heteroatoms. The van der Waals surface area contributed by atoms with Gasteiger partial charge in [0.2, 0.25) is 16.8 Å². The Morgan fingerprint density at radius 3 is 2.64 bits per heavy atom. The smallest absolute Gasteiger partial charge is 0.238 e. The second-order valence-electron chi connectivity index (χ2n) is 6.62. The predicted molar refractivity (Wildman–Crippen MR) is 104 cm³/mol. The Morgan fingerprint density at radius 2 is 1.86 bits per heavy atom. The van der Waals surface area contributed by atoms with Gasteiger partial charge in [0.25, 0.3) is 0 Å². The van der Waals surface area contributed by atoms with Crippen molar-refractivity contribution in [3.63, 3.8) is 0 Å². The predicted octanol–water partition coefficient (Wildman–Crippen LogP) is 3.20. The fourth-order valence-electron chi connectivity index (χ4n) is 3.33. The Hall–Kier alpha value is -2.84. The first kappa shape index (κ1) is 18.5. The molecule has 2 N–H and O–H groups in total. The van der Waals surface area contributed by atoms with Crippen LogP contribution in [0.4, 0.5) is 0 Å². The molecule has 0 bridgehead atoms. The van der Waals surface area contributed by atoms with Crippen LogP contribution in [0.3, 0.4) is 0 Å². The van der Waals surface area contributed by atoms with Crippen LogP contribution < -0.4 is 14.6 Å². The highest BCUT2D eigenvalue weighted by molar-refractivity contribution is 7.89. The molecular formula is C20H20N2O5S. The van der Waals surface area contributed by atoms with Crippen LogP contribution in [0, 0.1) is 0 Å². The summed E-state index contributed by atoms with van der Waals surface area (Å²) in [5.74, 6) is 1.45. The number of hydrogen-bond acceptors (Lipinski definition) is 6. The molecule has 0 radical (unpaired) electrons. The van der Waals surface area contributed by atoms with E-state index in [-0.39, 0.29) is 11.7 Å². The summed E-state index contributed by atoms with van der Waals surface area (Å²) >= 11 is 0. The lowest BCUT2D eigenvalue weighted by molar-refractivity contribution is 0.132. The SMILES string of the molecule is NS(=O)(=O)c1ccc(C2=C(/C=N/OCc3ccc4c(c3)OCO4)CCC2)cc1. The van der Waals surface area contributed by atoms with E-state index >= 15 is 0 Å². The van der Waals surface area contributed by atoms with Gasteiger partial charge in [0.1, 0.15) is 6.61 Å². The van der Waals surface area contributed by atoms with Gasteiger partial charge in [-0.15, -0.1) is 0 Å². The van der Waals surface area contributed by atoms with Crippen molar-refractivity contribution in [2.24, 2.45) is 10.3 Å². The van der Waals surface area contributed by atoms with Crippen LogP contribution in [-0.4, -0.2) is 21.4 Å². The molecule has 4 rings (SSSR count). The van der Waals surface area contributed by atoms with Crippen molar-refractivity contribution in [1.82, 2.24) is 0 Å². The van der Waals surface area contributed by atoms with E-state index in [0.29, 0.717) is 12.4 Å². The van der Waals surface area contributed by atoms with E-state index < -0.39 is 10.0 Å². The third-order valence-electron chi connectivity index (χ3n) is 4.74. The summed E-state index contributed by atoms with van der Waals surface area (Å²) in [7, 11) is -3.68. The van der Waals surface area contributed by atoms with Gasteiger partial charge in [-0.2, -0.15) is 0 Å². The number of nitrogens with zero attached hydrogens (tertiary/aromatic N) is 1. The van der Waals surface area contributed by atoms with E-state index in [1.54, 1.807) is 18.3 Å². The van der Waals surface area contributed by atoms with Gasteiger partial charge in [0.05, 0.1) is 11.1 Å². The van der Waals surface area contributed by atoms with Crippen molar-refractivity contribution in [2.45, 2.75) is 30.8 Å². The molecule has 0 fully saturated rings. The first-order valence-electron chi connectivity index (χ1n) is 8.90. The maximum Gasteiger partial charge on any atom is 0.238 e. The molecule has 2 aliphatic rings. The summed E-state index contributed by atoms with van der Waals surface area (Å²) < 4.78 is 33.4. The fourth-order valence-corrected chi connectivity index (χ4v) is 3.84. The third kappa shape index (κ3) is 4.02. The van der Waals surface area contributed by atoms with Gasteiger partial charge >= 0.3 is 0 Å². The number of primary sulfonamides is 1. The van der Waals surface area contributed by atoms with Crippen molar-refractivity contribution >= 4 is 21.8 Å². The van der Waals surface area contributed by atoms with Crippen LogP contribution in [-0.2, 0) is 21.5 Å². The molecule has 2 aromatic carbocycles. The highest BCUT2D eigenvalue weighted by Gasteiger charge is 2.16. The Labute approximate surface area is 163 Å². The average molecular weight is 400 g/mol. The Bertz CT molecular complexity index is 1040. The lowest BCUT2D eigenvalue weighted by atomic mass is 10.0. The molecule has 146 valence electrons. The van der Waals surface area contributed by atoms with Crippen LogP contribution in [0.1, 0.15) is 30.4 Å². The van der Waals surface area contributed by atoms with Crippen LogP contribution in [0.15, 0.2) is 58.1 Å². The average Bonchev–Trinajstić information content (AvgIpc) is 3.33. The normalized spacial score (nSPS) is 16.2. The highest BCUT2D eigenvalue weighted by atomic mass is 32.2. The van der Waals surface area contributed by atoms with Gasteiger partial charge in [0, 0.05) is 0 Å². The molecule has 0 spiro atoms. The molecule has 28 heavy (non-hydrogen) atoms. The molecule has 2 aromatic rings. The molecule has 0 unspecified atom stereocenters. The zero-order valence-corrected chi connectivity index (χ0v) is 15.9. The lowest BCUT2D eigenvalue weighted by Crippen LogP contribution is -2.11. The lowest BCUT2D eigenvalue weighted by Gasteiger charge is -2.06. The summed E-state index contributed by atoms with van der Waals surface area (Å²) in [5.41, 5.74) is 4.16. The zero-order chi connectivity index (χ0) is 19.6. The number of fused-ring (bicyclic) bond motifs is 1. The molecule has 1 aliphatic heterocycles. The van der Waals surface area contributed by atoms with Crippen LogP contribution in [0.25, 0.3) is 5.57 Å². The van der Waals surface area contributed by atoms with E-state index in [1.165, 1.54) is 12.1 Å². The fraction of sp³-hybridized carbons (Fsp3) is 0.250. The molecule has 0 saturated heterocycles. The number of rotatable bonds is 6. The van der Waals surface area contributed by atoms with Crippen molar-refractivity contribution < 1.29 is 22.7 Å². The van der Waals surface area contributed by atoms with Crippen molar-refractivity contribution in [2.75, 3.05) is 6.79 Å². The number of allylic oxidation sites excluding steroid dienone is 2. The maximum absolute atomic E-state index is 11.4. The summed E-state index contributed by atoms with van der Waals surface area (Å²) in [6.07, 6.45) is 4.58. The van der Waals surface area contributed by atoms with Crippen LogP contribution >= 0.6 is 0 Å². The summed E-state index contributed by atoms with van der Waals surface area (Å²) in [4.78, 5) is 5.54. The summed E-state index contributed by atoms with van der Waals surface area (Å²) in [6.45, 7) is 0.575. The molecule has 0 atom stereocenters. The Balaban J connectivity index is 1.42. The number of nitrogens with two attached hydrogens (primary N) is 1. The van der Waals surface area contributed by atoms with E-state index in [0.717, 1.165) is 47.3 Å². The molecule has 0 amide bonds. The minimum absolute atomic E-state index is 0.108. The van der Waals surface area contributed by atoms with E-state index in [1.807, 2.05) is 18.2 Å². The van der Waals surface area contributed by atoms with Crippen LogP contribution in [0.2, 0.25) is 0 Å². The molecule has 0 saturated carbocycles. The van der Waals surface area contributed by atoms with E-state index in [4.69, 9.17) is 19.5 Å². The zero-order valence-electron chi connectivity index (χ0n) is 15.1. The summed E-state index contributed by atoms with van der Waals surface area (Å²) in [6, 6.07) is 12.3. The van der Waals surface area contributed by atoms with Gasteiger partial charge in [-0.05, 0) is 65.8 Å². The van der Waals surface area contributed by atoms with Crippen molar-refractivity contribution in [3.8, 4) is 11.5 Å². The quantitative estimate of drug-likeness (QED) is 0.593. The third-order valence-corrected chi connectivity index (χ3v) is 5.67. The Morgan fingerprint density at radius 1 is 1.07 bits per heavy atom. The topological polar surface area (TPSA) is 100 Å². The minimum atomic E-state index is -3.68. The molecule has 7 nitrogen and oxygen atoms in total. The van der Waals surface area contributed by atoms with E-state index in [9.17, 15) is 8.42 Å². The van der Waals surface area contributed by atoms with Crippen molar-refractivity contribution in [3.05, 3.63) is 59.2 Å². The van der Waals surface area contributed by atoms with E-state index in [2.05, 4.69) is 5.16 Å². The second-order valence-corrected chi connectivity index (χ2v) is 8.18. The molecule has 1 aliphatic carbocycles. The number of oxime groups is 1. The van der Waals surface area contributed by atoms with Gasteiger partial charge in [0.15, 0.2) is 11.5 Å².